The van der Waals surface area contributed by atoms with E-state index in [-0.39, 0.29) is 10.1 Å². The van der Waals surface area contributed by atoms with Crippen molar-refractivity contribution in [2.24, 2.45) is 5.73 Å². The van der Waals surface area contributed by atoms with Gasteiger partial charge < -0.3 is 10.3 Å². The fourth-order valence-electron chi connectivity index (χ4n) is 2.02. The van der Waals surface area contributed by atoms with Gasteiger partial charge in [-0.3, -0.25) is 0 Å². The molecule has 3 N–H and O–H groups in total. The quantitative estimate of drug-likeness (QED) is 0.645. The fraction of sp³-hybridized carbons (Fsp3) is 0.133. The molecule has 24 heavy (non-hydrogen) atoms. The summed E-state index contributed by atoms with van der Waals surface area (Å²) in [6, 6.07) is 11.0. The molecule has 2 aromatic heterocycles. The second-order valence-corrected chi connectivity index (χ2v) is 8.82. The Kier molecular flexibility index (Phi) is 4.77. The summed E-state index contributed by atoms with van der Waals surface area (Å²) in [5.41, 5.74) is 8.12. The minimum Gasteiger partial charge on any atom is -0.336 e. The van der Waals surface area contributed by atoms with Gasteiger partial charge in [0.25, 0.3) is 15.9 Å². The van der Waals surface area contributed by atoms with Crippen molar-refractivity contribution >= 4 is 43.2 Å². The molecule has 9 heteroatoms. The number of rotatable bonds is 5. The Morgan fingerprint density at radius 1 is 1.25 bits per heavy atom. The highest BCUT2D eigenvalue weighted by atomic mass is 79.9. The minimum atomic E-state index is -3.74. The number of nitrogens with zero attached hydrogens (tertiary/aromatic N) is 1. The van der Waals surface area contributed by atoms with E-state index in [9.17, 15) is 8.42 Å². The summed E-state index contributed by atoms with van der Waals surface area (Å²) in [4.78, 5) is 0.853. The van der Waals surface area contributed by atoms with Gasteiger partial charge in [-0.15, -0.1) is 11.3 Å². The predicted octanol–water partition coefficient (Wildman–Crippen LogP) is 3.73. The molecule has 2 heterocycles. The number of nitrogens with two attached hydrogens (primary N) is 1. The van der Waals surface area contributed by atoms with Crippen LogP contribution in [0.25, 0.3) is 10.4 Å². The van der Waals surface area contributed by atoms with Crippen LogP contribution in [-0.2, 0) is 16.6 Å². The van der Waals surface area contributed by atoms with Crippen LogP contribution in [0.3, 0.4) is 0 Å². The highest BCUT2D eigenvalue weighted by Gasteiger charge is 2.22. The first-order valence-electron chi connectivity index (χ1n) is 6.94. The Morgan fingerprint density at radius 3 is 2.54 bits per heavy atom. The molecule has 1 aromatic carbocycles. The molecule has 0 unspecified atom stereocenters. The van der Waals surface area contributed by atoms with E-state index in [1.807, 2.05) is 24.3 Å². The maximum Gasteiger partial charge on any atom is 0.273 e. The van der Waals surface area contributed by atoms with Gasteiger partial charge in [-0.1, -0.05) is 29.4 Å². The molecule has 0 aliphatic heterocycles. The molecule has 0 aliphatic carbocycles. The Morgan fingerprint density at radius 2 is 1.96 bits per heavy atom. The first-order valence-corrected chi connectivity index (χ1v) is 10.0. The number of hydrogen-bond acceptors (Lipinski definition) is 6. The summed E-state index contributed by atoms with van der Waals surface area (Å²) in [6.45, 7) is 2.18. The smallest absolute Gasteiger partial charge is 0.273 e. The van der Waals surface area contributed by atoms with Gasteiger partial charge in [0.1, 0.15) is 8.68 Å². The van der Waals surface area contributed by atoms with E-state index >= 15 is 0 Å². The van der Waals surface area contributed by atoms with Crippen LogP contribution in [0.15, 0.2) is 49.6 Å². The fourth-order valence-corrected chi connectivity index (χ4v) is 4.70. The molecule has 0 spiro atoms. The third kappa shape index (κ3) is 3.39. The lowest BCUT2D eigenvalue weighted by Gasteiger charge is -2.02. The Labute approximate surface area is 151 Å². The van der Waals surface area contributed by atoms with Gasteiger partial charge in [-0.05, 0) is 46.1 Å². The van der Waals surface area contributed by atoms with Gasteiger partial charge in [0.15, 0.2) is 0 Å². The van der Waals surface area contributed by atoms with Crippen molar-refractivity contribution < 1.29 is 12.9 Å². The molecule has 0 aliphatic rings. The van der Waals surface area contributed by atoms with Gasteiger partial charge in [0.2, 0.25) is 0 Å². The molecule has 3 rings (SSSR count). The summed E-state index contributed by atoms with van der Waals surface area (Å²) in [5, 5.41) is 3.71. The monoisotopic (exact) mass is 427 g/mol. The van der Waals surface area contributed by atoms with E-state index in [0.29, 0.717) is 16.7 Å². The van der Waals surface area contributed by atoms with Crippen LogP contribution in [0.2, 0.25) is 0 Å². The van der Waals surface area contributed by atoms with E-state index in [4.69, 9.17) is 10.3 Å². The third-order valence-corrected chi connectivity index (χ3v) is 7.23. The van der Waals surface area contributed by atoms with Gasteiger partial charge in [0, 0.05) is 11.4 Å². The number of hydrogen-bond donors (Lipinski definition) is 2. The minimum absolute atomic E-state index is 0.0646. The van der Waals surface area contributed by atoms with Gasteiger partial charge in [-0.2, -0.15) is 0 Å². The normalized spacial score (nSPS) is 11.6. The number of thiophene rings is 1. The first-order chi connectivity index (χ1) is 11.4. The predicted molar refractivity (Wildman–Crippen MR) is 97.4 cm³/mol. The number of sulfonamides is 1. The molecule has 0 saturated heterocycles. The van der Waals surface area contributed by atoms with E-state index in [1.165, 1.54) is 11.3 Å². The number of aryl methyl sites for hydroxylation is 1. The molecule has 0 radical (unpaired) electrons. The maximum absolute atomic E-state index is 12.5. The largest absolute Gasteiger partial charge is 0.336 e. The lowest BCUT2D eigenvalue weighted by atomic mass is 10.1. The average Bonchev–Trinajstić information content (AvgIpc) is 3.18. The van der Waals surface area contributed by atoms with Crippen molar-refractivity contribution in [3.05, 3.63) is 52.1 Å². The Hall–Kier alpha value is -1.68. The summed E-state index contributed by atoms with van der Waals surface area (Å²) in [6.07, 6.45) is 0. The van der Waals surface area contributed by atoms with Crippen LogP contribution in [0.1, 0.15) is 11.3 Å². The average molecular weight is 428 g/mol. The molecular weight excluding hydrogens is 414 g/mol. The lowest BCUT2D eigenvalue weighted by Crippen LogP contribution is -2.11. The van der Waals surface area contributed by atoms with Crippen LogP contribution in [-0.4, -0.2) is 13.6 Å². The number of nitrogens with one attached hydrogen (secondary N) is 1. The highest BCUT2D eigenvalue weighted by molar-refractivity contribution is 9.10. The number of aromatic nitrogens is 1. The molecular formula is C15H14BrN3O3S2. The van der Waals surface area contributed by atoms with Crippen LogP contribution >= 0.6 is 27.3 Å². The van der Waals surface area contributed by atoms with E-state index in [1.54, 1.807) is 19.1 Å². The second-order valence-electron chi connectivity index (χ2n) is 5.04. The Bertz CT molecular complexity index is 962. The van der Waals surface area contributed by atoms with Crippen LogP contribution in [0.5, 0.6) is 0 Å². The van der Waals surface area contributed by atoms with Crippen molar-refractivity contribution in [2.45, 2.75) is 17.7 Å². The van der Waals surface area contributed by atoms with Crippen molar-refractivity contribution in [3.8, 4) is 10.4 Å². The van der Waals surface area contributed by atoms with E-state index in [2.05, 4.69) is 25.8 Å². The summed E-state index contributed by atoms with van der Waals surface area (Å²) in [5.74, 6) is 0.0646. The second kappa shape index (κ2) is 6.67. The molecule has 0 fully saturated rings. The Balaban J connectivity index is 1.87. The highest BCUT2D eigenvalue weighted by Crippen LogP contribution is 2.33. The van der Waals surface area contributed by atoms with Gasteiger partial charge in [0.05, 0.1) is 5.69 Å². The molecule has 0 atom stereocenters. The van der Waals surface area contributed by atoms with Gasteiger partial charge >= 0.3 is 0 Å². The third-order valence-electron chi connectivity index (χ3n) is 3.34. The summed E-state index contributed by atoms with van der Waals surface area (Å²) >= 11 is 4.42. The number of anilines is 1. The van der Waals surface area contributed by atoms with Crippen molar-refractivity contribution in [1.82, 2.24) is 5.16 Å². The zero-order chi connectivity index (χ0) is 17.3. The van der Waals surface area contributed by atoms with Crippen LogP contribution in [0.4, 0.5) is 5.88 Å². The standard InChI is InChI=1S/C15H14BrN3O3S2/c1-9-14(16)15(22-18-9)19-24(20,21)13-7-6-12(23-13)11-4-2-10(8-17)3-5-11/h2-7,19H,8,17H2,1H3. The van der Waals surface area contributed by atoms with Gasteiger partial charge in [-0.25, -0.2) is 13.1 Å². The van der Waals surface area contributed by atoms with E-state index < -0.39 is 10.0 Å². The molecule has 6 nitrogen and oxygen atoms in total. The summed E-state index contributed by atoms with van der Waals surface area (Å²) in [7, 11) is -3.74. The molecule has 0 bridgehead atoms. The maximum atomic E-state index is 12.5. The SMILES string of the molecule is Cc1noc(NS(=O)(=O)c2ccc(-c3ccc(CN)cc3)s2)c1Br. The lowest BCUT2D eigenvalue weighted by molar-refractivity contribution is 0.430. The first kappa shape index (κ1) is 17.2. The molecule has 0 saturated carbocycles. The number of benzene rings is 1. The van der Waals surface area contributed by atoms with E-state index in [0.717, 1.165) is 16.0 Å². The van der Waals surface area contributed by atoms with Crippen molar-refractivity contribution in [3.63, 3.8) is 0 Å². The zero-order valence-electron chi connectivity index (χ0n) is 12.6. The molecule has 126 valence electrons. The van der Waals surface area contributed by atoms with Crippen molar-refractivity contribution in [1.29, 1.82) is 0 Å². The molecule has 3 aromatic rings. The topological polar surface area (TPSA) is 98.2 Å². The summed E-state index contributed by atoms with van der Waals surface area (Å²) < 4.78 is 33.0. The van der Waals surface area contributed by atoms with Crippen molar-refractivity contribution in [2.75, 3.05) is 4.72 Å². The van der Waals surface area contributed by atoms with Crippen LogP contribution < -0.4 is 10.5 Å². The molecule has 0 amide bonds. The number of halogens is 1. The zero-order valence-corrected chi connectivity index (χ0v) is 15.8. The van der Waals surface area contributed by atoms with Crippen LogP contribution in [0, 0.1) is 6.92 Å².